The number of aryl methyl sites for hydroxylation is 1. The highest BCUT2D eigenvalue weighted by atomic mass is 32.1. The van der Waals surface area contributed by atoms with Crippen LogP contribution in [-0.2, 0) is 4.79 Å². The predicted molar refractivity (Wildman–Crippen MR) is 73.6 cm³/mol. The molecule has 0 bridgehead atoms. The van der Waals surface area contributed by atoms with Gasteiger partial charge in [0.05, 0.1) is 4.88 Å². The average molecular weight is 293 g/mol. The number of urea groups is 1. The maximum absolute atomic E-state index is 12.4. The summed E-state index contributed by atoms with van der Waals surface area (Å²) < 4.78 is 0. The van der Waals surface area contributed by atoms with Crippen molar-refractivity contribution < 1.29 is 14.4 Å². The fourth-order valence-electron chi connectivity index (χ4n) is 2.71. The monoisotopic (exact) mass is 293 g/mol. The van der Waals surface area contributed by atoms with E-state index >= 15 is 0 Å². The molecule has 0 radical (unpaired) electrons. The molecule has 3 heterocycles. The van der Waals surface area contributed by atoms with E-state index in [4.69, 9.17) is 0 Å². The third kappa shape index (κ3) is 1.98. The van der Waals surface area contributed by atoms with Gasteiger partial charge in [0.25, 0.3) is 11.8 Å². The van der Waals surface area contributed by atoms with Crippen LogP contribution >= 0.6 is 11.3 Å². The van der Waals surface area contributed by atoms with Crippen LogP contribution in [0.5, 0.6) is 0 Å². The molecule has 6 nitrogen and oxygen atoms in total. The number of nitrogens with one attached hydrogen (secondary N) is 2. The number of rotatable bonds is 1. The number of hydrogen-bond acceptors (Lipinski definition) is 4. The lowest BCUT2D eigenvalue weighted by Gasteiger charge is -2.36. The number of hydrogen-bond donors (Lipinski definition) is 2. The number of imide groups is 1. The summed E-state index contributed by atoms with van der Waals surface area (Å²) in [5.74, 6) is -0.265. The average Bonchev–Trinajstić information content (AvgIpc) is 2.95. The van der Waals surface area contributed by atoms with Crippen LogP contribution in [0.4, 0.5) is 4.79 Å². The van der Waals surface area contributed by atoms with Gasteiger partial charge in [0.2, 0.25) is 0 Å². The maximum atomic E-state index is 12.4. The van der Waals surface area contributed by atoms with Gasteiger partial charge in [-0.2, -0.15) is 0 Å². The molecule has 1 aromatic rings. The highest BCUT2D eigenvalue weighted by molar-refractivity contribution is 7.12. The molecule has 2 saturated heterocycles. The van der Waals surface area contributed by atoms with Crippen LogP contribution in [0.2, 0.25) is 0 Å². The van der Waals surface area contributed by atoms with Gasteiger partial charge >= 0.3 is 6.03 Å². The van der Waals surface area contributed by atoms with Gasteiger partial charge in [-0.3, -0.25) is 14.9 Å². The highest BCUT2D eigenvalue weighted by Gasteiger charge is 2.48. The van der Waals surface area contributed by atoms with Crippen LogP contribution < -0.4 is 10.6 Å². The summed E-state index contributed by atoms with van der Waals surface area (Å²) in [6.07, 6.45) is 0.918. The van der Waals surface area contributed by atoms with Crippen molar-refractivity contribution in [3.8, 4) is 0 Å². The first kappa shape index (κ1) is 13.1. The van der Waals surface area contributed by atoms with Crippen LogP contribution in [0.15, 0.2) is 11.4 Å². The van der Waals surface area contributed by atoms with Crippen molar-refractivity contribution in [3.05, 3.63) is 21.9 Å². The van der Waals surface area contributed by atoms with E-state index < -0.39 is 11.6 Å². The Bertz CT molecular complexity index is 587. The van der Waals surface area contributed by atoms with Crippen LogP contribution in [0.1, 0.15) is 28.1 Å². The topological polar surface area (TPSA) is 78.5 Å². The molecule has 1 spiro atoms. The van der Waals surface area contributed by atoms with Crippen molar-refractivity contribution in [1.29, 1.82) is 0 Å². The summed E-state index contributed by atoms with van der Waals surface area (Å²) in [6, 6.07) is 1.48. The molecule has 2 fully saturated rings. The largest absolute Gasteiger partial charge is 0.338 e. The molecule has 2 aliphatic rings. The first-order valence-corrected chi connectivity index (χ1v) is 7.37. The first-order chi connectivity index (χ1) is 9.52. The Kier molecular flexibility index (Phi) is 3.01. The van der Waals surface area contributed by atoms with Gasteiger partial charge in [-0.1, -0.05) is 0 Å². The van der Waals surface area contributed by atoms with Gasteiger partial charge in [-0.25, -0.2) is 4.79 Å². The van der Waals surface area contributed by atoms with E-state index in [9.17, 15) is 14.4 Å². The Labute approximate surface area is 120 Å². The van der Waals surface area contributed by atoms with E-state index in [1.807, 2.05) is 18.4 Å². The minimum absolute atomic E-state index is 0.0112. The smallest absolute Gasteiger partial charge is 0.322 e. The number of amides is 4. The van der Waals surface area contributed by atoms with Crippen LogP contribution in [0, 0.1) is 6.92 Å². The fourth-order valence-corrected chi connectivity index (χ4v) is 3.60. The summed E-state index contributed by atoms with van der Waals surface area (Å²) in [7, 11) is 0. The van der Waals surface area contributed by atoms with E-state index in [0.29, 0.717) is 25.9 Å². The Morgan fingerprint density at radius 3 is 2.55 bits per heavy atom. The molecule has 2 aliphatic heterocycles. The standard InChI is InChI=1S/C13H15N3O3S/c1-8-2-7-20-9(8)10(17)16-5-3-13(4-6-16)11(18)14-12(19)15-13/h2,7H,3-6H2,1H3,(H2,14,15,18,19). The molecule has 0 aromatic carbocycles. The van der Waals surface area contributed by atoms with E-state index in [0.717, 1.165) is 10.4 Å². The zero-order valence-electron chi connectivity index (χ0n) is 11.1. The number of carbonyl (C=O) groups excluding carboxylic acids is 3. The minimum Gasteiger partial charge on any atom is -0.338 e. The third-order valence-corrected chi connectivity index (χ3v) is 4.98. The molecule has 2 N–H and O–H groups in total. The lowest BCUT2D eigenvalue weighted by Crippen LogP contribution is -2.55. The summed E-state index contributed by atoms with van der Waals surface area (Å²) in [4.78, 5) is 38.0. The first-order valence-electron chi connectivity index (χ1n) is 6.49. The number of likely N-dealkylation sites (tertiary alicyclic amines) is 1. The Hall–Kier alpha value is -1.89. The number of nitrogens with zero attached hydrogens (tertiary/aromatic N) is 1. The SMILES string of the molecule is Cc1ccsc1C(=O)N1CCC2(CC1)NC(=O)NC2=O. The highest BCUT2D eigenvalue weighted by Crippen LogP contribution is 2.27. The Morgan fingerprint density at radius 2 is 2.05 bits per heavy atom. The number of carbonyl (C=O) groups is 3. The molecular formula is C13H15N3O3S. The molecule has 7 heteroatoms. The maximum Gasteiger partial charge on any atom is 0.322 e. The van der Waals surface area contributed by atoms with Gasteiger partial charge in [0, 0.05) is 13.1 Å². The van der Waals surface area contributed by atoms with Gasteiger partial charge in [0.1, 0.15) is 5.54 Å². The Balaban J connectivity index is 1.70. The fraction of sp³-hybridized carbons (Fsp3) is 0.462. The third-order valence-electron chi connectivity index (χ3n) is 3.98. The number of thiophene rings is 1. The zero-order chi connectivity index (χ0) is 14.3. The van der Waals surface area contributed by atoms with E-state index in [-0.39, 0.29) is 11.8 Å². The molecule has 4 amide bonds. The van der Waals surface area contributed by atoms with Crippen LogP contribution in [-0.4, -0.2) is 41.4 Å². The molecule has 0 aliphatic carbocycles. The lowest BCUT2D eigenvalue weighted by molar-refractivity contribution is -0.125. The van der Waals surface area contributed by atoms with Crippen molar-refractivity contribution in [2.75, 3.05) is 13.1 Å². The molecule has 0 atom stereocenters. The van der Waals surface area contributed by atoms with Gasteiger partial charge in [0.15, 0.2) is 0 Å². The zero-order valence-corrected chi connectivity index (χ0v) is 11.9. The Morgan fingerprint density at radius 1 is 1.35 bits per heavy atom. The summed E-state index contributed by atoms with van der Waals surface area (Å²) in [5, 5.41) is 6.86. The van der Waals surface area contributed by atoms with E-state index in [1.165, 1.54) is 11.3 Å². The molecule has 0 saturated carbocycles. The molecule has 106 valence electrons. The summed E-state index contributed by atoms with van der Waals surface area (Å²) in [6.45, 7) is 2.87. The van der Waals surface area contributed by atoms with Crippen LogP contribution in [0.3, 0.4) is 0 Å². The molecule has 1 aromatic heterocycles. The molecular weight excluding hydrogens is 278 g/mol. The van der Waals surface area contributed by atoms with E-state index in [2.05, 4.69) is 10.6 Å². The number of piperidine rings is 1. The normalized spacial score (nSPS) is 20.9. The second-order valence-electron chi connectivity index (χ2n) is 5.22. The molecule has 3 rings (SSSR count). The molecule has 0 unspecified atom stereocenters. The second kappa shape index (κ2) is 4.59. The lowest BCUT2D eigenvalue weighted by atomic mass is 9.87. The summed E-state index contributed by atoms with van der Waals surface area (Å²) >= 11 is 1.44. The van der Waals surface area contributed by atoms with Crippen molar-refractivity contribution in [2.45, 2.75) is 25.3 Å². The van der Waals surface area contributed by atoms with Gasteiger partial charge < -0.3 is 10.2 Å². The predicted octanol–water partition coefficient (Wildman–Crippen LogP) is 0.871. The van der Waals surface area contributed by atoms with Crippen molar-refractivity contribution in [2.24, 2.45) is 0 Å². The van der Waals surface area contributed by atoms with Crippen molar-refractivity contribution >= 4 is 29.2 Å². The quantitative estimate of drug-likeness (QED) is 0.754. The van der Waals surface area contributed by atoms with Crippen molar-refractivity contribution in [3.63, 3.8) is 0 Å². The van der Waals surface area contributed by atoms with Gasteiger partial charge in [-0.15, -0.1) is 11.3 Å². The summed E-state index contributed by atoms with van der Waals surface area (Å²) in [5.41, 5.74) is 0.158. The molecule has 20 heavy (non-hydrogen) atoms. The van der Waals surface area contributed by atoms with Crippen molar-refractivity contribution in [1.82, 2.24) is 15.5 Å². The van der Waals surface area contributed by atoms with Gasteiger partial charge in [-0.05, 0) is 36.8 Å². The minimum atomic E-state index is -0.821. The van der Waals surface area contributed by atoms with Crippen LogP contribution in [0.25, 0.3) is 0 Å². The van der Waals surface area contributed by atoms with E-state index in [1.54, 1.807) is 4.90 Å². The second-order valence-corrected chi connectivity index (χ2v) is 6.13.